The molecule has 0 saturated heterocycles. The summed E-state index contributed by atoms with van der Waals surface area (Å²) in [6.45, 7) is 3.90. The Morgan fingerprint density at radius 2 is 1.25 bits per heavy atom. The van der Waals surface area contributed by atoms with Crippen LogP contribution in [0.4, 0.5) is 0 Å². The lowest BCUT2D eigenvalue weighted by Gasteiger charge is -2.63. The summed E-state index contributed by atoms with van der Waals surface area (Å²) < 4.78 is 0. The van der Waals surface area contributed by atoms with Crippen molar-refractivity contribution in [2.75, 3.05) is 0 Å². The molecule has 3 fully saturated rings. The first-order chi connectivity index (χ1) is 9.52. The number of hydrogen-bond acceptors (Lipinski definition) is 2. The summed E-state index contributed by atoms with van der Waals surface area (Å²) >= 11 is 0. The van der Waals surface area contributed by atoms with Crippen LogP contribution in [0.2, 0.25) is 0 Å². The molecule has 114 valence electrons. The molecule has 3 aliphatic rings. The average molecular weight is 278 g/mol. The maximum atomic E-state index is 13.1. The predicted octanol–water partition coefficient (Wildman–Crippen LogP) is 4.10. The second-order valence-corrected chi connectivity index (χ2v) is 8.06. The first kappa shape index (κ1) is 14.6. The Balaban J connectivity index is 1.92. The lowest BCUT2D eigenvalue weighted by atomic mass is 9.40. The van der Waals surface area contributed by atoms with Crippen molar-refractivity contribution < 1.29 is 9.90 Å². The Hall–Kier alpha value is -0.370. The number of hydrogen-bond donors (Lipinski definition) is 1. The van der Waals surface area contributed by atoms with Crippen LogP contribution < -0.4 is 0 Å². The highest BCUT2D eigenvalue weighted by Crippen LogP contribution is 2.63. The molecule has 3 rings (SSSR count). The van der Waals surface area contributed by atoms with Crippen LogP contribution in [-0.4, -0.2) is 17.0 Å². The summed E-state index contributed by atoms with van der Waals surface area (Å²) in [6.07, 6.45) is 11.9. The lowest BCUT2D eigenvalue weighted by molar-refractivity contribution is -0.217. The van der Waals surface area contributed by atoms with Gasteiger partial charge in [-0.3, -0.25) is 4.79 Å². The second kappa shape index (κ2) is 5.12. The van der Waals surface area contributed by atoms with Gasteiger partial charge in [0.2, 0.25) is 0 Å². The third kappa shape index (κ3) is 1.83. The molecule has 0 radical (unpaired) electrons. The van der Waals surface area contributed by atoms with Gasteiger partial charge in [-0.2, -0.15) is 0 Å². The number of carbonyl (C=O) groups is 1. The number of ketones is 1. The third-order valence-corrected chi connectivity index (χ3v) is 6.68. The minimum Gasteiger partial charge on any atom is -0.391 e. The van der Waals surface area contributed by atoms with Gasteiger partial charge in [-0.25, -0.2) is 0 Å². The van der Waals surface area contributed by atoms with Gasteiger partial charge in [-0.15, -0.1) is 0 Å². The van der Waals surface area contributed by atoms with Crippen LogP contribution in [0.25, 0.3) is 0 Å². The summed E-state index contributed by atoms with van der Waals surface area (Å²) in [7, 11) is 0. The van der Waals surface area contributed by atoms with Gasteiger partial charge in [0.15, 0.2) is 0 Å². The maximum absolute atomic E-state index is 13.1. The Morgan fingerprint density at radius 1 is 0.850 bits per heavy atom. The van der Waals surface area contributed by atoms with E-state index in [1.807, 2.05) is 13.8 Å². The van der Waals surface area contributed by atoms with E-state index in [0.717, 1.165) is 25.7 Å². The first-order valence-corrected chi connectivity index (χ1v) is 8.75. The fourth-order valence-corrected chi connectivity index (χ4v) is 5.64. The van der Waals surface area contributed by atoms with Crippen molar-refractivity contribution in [2.45, 2.75) is 84.2 Å². The second-order valence-electron chi connectivity index (χ2n) is 8.06. The van der Waals surface area contributed by atoms with Gasteiger partial charge in [-0.1, -0.05) is 52.4 Å². The van der Waals surface area contributed by atoms with Gasteiger partial charge in [0.25, 0.3) is 0 Å². The Labute approximate surface area is 123 Å². The molecule has 2 nitrogen and oxygen atoms in total. The summed E-state index contributed by atoms with van der Waals surface area (Å²) in [5.74, 6) is 1.29. The van der Waals surface area contributed by atoms with Crippen molar-refractivity contribution in [3.8, 4) is 0 Å². The van der Waals surface area contributed by atoms with E-state index in [1.54, 1.807) is 0 Å². The normalized spacial score (nSPS) is 34.8. The molecular weight excluding hydrogens is 248 g/mol. The summed E-state index contributed by atoms with van der Waals surface area (Å²) in [5.41, 5.74) is -0.876. The highest BCUT2D eigenvalue weighted by molar-refractivity contribution is 5.98. The summed E-state index contributed by atoms with van der Waals surface area (Å²) in [6, 6.07) is 0. The molecule has 1 atom stereocenters. The largest absolute Gasteiger partial charge is 0.391 e. The molecule has 20 heavy (non-hydrogen) atoms. The van der Waals surface area contributed by atoms with Crippen molar-refractivity contribution in [3.05, 3.63) is 0 Å². The fourth-order valence-electron chi connectivity index (χ4n) is 5.64. The molecule has 0 amide bonds. The number of aliphatic hydroxyl groups excluding tert-OH is 1. The zero-order valence-corrected chi connectivity index (χ0v) is 13.2. The van der Waals surface area contributed by atoms with Crippen LogP contribution in [0, 0.1) is 22.7 Å². The van der Waals surface area contributed by atoms with Crippen LogP contribution in [0.3, 0.4) is 0 Å². The van der Waals surface area contributed by atoms with Crippen molar-refractivity contribution in [1.29, 1.82) is 0 Å². The quantitative estimate of drug-likeness (QED) is 0.825. The smallest absolute Gasteiger partial charge is 0.150 e. The molecule has 2 heteroatoms. The van der Waals surface area contributed by atoms with E-state index in [1.165, 1.54) is 38.5 Å². The van der Waals surface area contributed by atoms with Crippen LogP contribution in [0.15, 0.2) is 0 Å². The molecule has 0 aromatic rings. The van der Waals surface area contributed by atoms with Gasteiger partial charge < -0.3 is 5.11 Å². The highest BCUT2D eigenvalue weighted by atomic mass is 16.3. The first-order valence-electron chi connectivity index (χ1n) is 8.75. The molecule has 1 N–H and O–H groups in total. The van der Waals surface area contributed by atoms with Crippen LogP contribution >= 0.6 is 0 Å². The number of rotatable bonds is 2. The predicted molar refractivity (Wildman–Crippen MR) is 80.4 cm³/mol. The zero-order chi connectivity index (χ0) is 14.4. The minimum absolute atomic E-state index is 0.371. The lowest BCUT2D eigenvalue weighted by Crippen LogP contribution is -2.73. The number of Topliss-reactive ketones (excluding diaryl/α,β-unsaturated/α-hetero) is 1. The van der Waals surface area contributed by atoms with Gasteiger partial charge in [0.05, 0.1) is 16.9 Å². The number of carbonyl (C=O) groups excluding carboxylic acids is 1. The summed E-state index contributed by atoms with van der Waals surface area (Å²) in [4.78, 5) is 13.1. The van der Waals surface area contributed by atoms with Crippen molar-refractivity contribution in [1.82, 2.24) is 0 Å². The van der Waals surface area contributed by atoms with Crippen molar-refractivity contribution >= 4 is 5.78 Å². The molecule has 0 heterocycles. The van der Waals surface area contributed by atoms with Gasteiger partial charge in [0, 0.05) is 0 Å². The Kier molecular flexibility index (Phi) is 3.73. The molecule has 0 aliphatic heterocycles. The van der Waals surface area contributed by atoms with Crippen LogP contribution in [0.1, 0.15) is 78.1 Å². The SMILES string of the molecule is CC1(C)C(=O)C(C2CCCCC2)(C2CCCCC2)C1O. The molecule has 0 aromatic carbocycles. The van der Waals surface area contributed by atoms with Gasteiger partial charge >= 0.3 is 0 Å². The monoisotopic (exact) mass is 278 g/mol. The van der Waals surface area contributed by atoms with Crippen molar-refractivity contribution in [3.63, 3.8) is 0 Å². The topological polar surface area (TPSA) is 37.3 Å². The third-order valence-electron chi connectivity index (χ3n) is 6.68. The van der Waals surface area contributed by atoms with Crippen LogP contribution in [0.5, 0.6) is 0 Å². The molecule has 0 aromatic heterocycles. The zero-order valence-electron chi connectivity index (χ0n) is 13.2. The maximum Gasteiger partial charge on any atom is 0.150 e. The van der Waals surface area contributed by atoms with Gasteiger partial charge in [0.1, 0.15) is 5.78 Å². The van der Waals surface area contributed by atoms with E-state index in [2.05, 4.69) is 0 Å². The van der Waals surface area contributed by atoms with E-state index in [0.29, 0.717) is 17.6 Å². The Bertz CT molecular complexity index is 355. The van der Waals surface area contributed by atoms with E-state index in [-0.39, 0.29) is 5.41 Å². The van der Waals surface area contributed by atoms with Crippen LogP contribution in [-0.2, 0) is 4.79 Å². The molecular formula is C18H30O2. The van der Waals surface area contributed by atoms with E-state index in [9.17, 15) is 9.90 Å². The molecule has 0 spiro atoms. The molecule has 0 bridgehead atoms. The molecule has 1 unspecified atom stereocenters. The van der Waals surface area contributed by atoms with Crippen molar-refractivity contribution in [2.24, 2.45) is 22.7 Å². The van der Waals surface area contributed by atoms with E-state index >= 15 is 0 Å². The summed E-state index contributed by atoms with van der Waals surface area (Å²) in [5, 5.41) is 10.9. The standard InChI is InChI=1S/C18H30O2/c1-17(2)15(19)18(16(17)20,13-9-5-3-6-10-13)14-11-7-4-8-12-14/h13-15,19H,3-12H2,1-2H3. The fraction of sp³-hybridized carbons (Fsp3) is 0.944. The minimum atomic E-state index is -0.505. The number of aliphatic hydroxyl groups is 1. The van der Waals surface area contributed by atoms with Gasteiger partial charge in [-0.05, 0) is 37.5 Å². The van der Waals surface area contributed by atoms with E-state index in [4.69, 9.17) is 0 Å². The highest BCUT2D eigenvalue weighted by Gasteiger charge is 2.71. The molecule has 3 saturated carbocycles. The average Bonchev–Trinajstić information content (AvgIpc) is 2.50. The molecule has 3 aliphatic carbocycles. The Morgan fingerprint density at radius 3 is 1.60 bits per heavy atom. The van der Waals surface area contributed by atoms with E-state index < -0.39 is 11.5 Å².